The van der Waals surface area contributed by atoms with E-state index in [0.29, 0.717) is 25.3 Å². The van der Waals surface area contributed by atoms with Crippen molar-refractivity contribution in [3.63, 3.8) is 0 Å². The van der Waals surface area contributed by atoms with Crippen LogP contribution >= 0.6 is 0 Å². The first-order valence-corrected chi connectivity index (χ1v) is 9.19. The maximum absolute atomic E-state index is 12.8. The van der Waals surface area contributed by atoms with Gasteiger partial charge in [-0.2, -0.15) is 0 Å². The predicted octanol–water partition coefficient (Wildman–Crippen LogP) is 4.06. The lowest BCUT2D eigenvalue weighted by atomic mass is 10.1. The van der Waals surface area contributed by atoms with Crippen molar-refractivity contribution in [2.45, 2.75) is 59.5 Å². The Bertz CT molecular complexity index is 525. The van der Waals surface area contributed by atoms with E-state index in [1.807, 2.05) is 26.0 Å². The molecule has 1 rings (SSSR count). The summed E-state index contributed by atoms with van der Waals surface area (Å²) in [5.74, 6) is 0.420. The van der Waals surface area contributed by atoms with Crippen LogP contribution in [0, 0.1) is 0 Å². The summed E-state index contributed by atoms with van der Waals surface area (Å²) in [5.41, 5.74) is 0.608. The van der Waals surface area contributed by atoms with Crippen molar-refractivity contribution in [1.29, 1.82) is 0 Å². The first-order valence-electron chi connectivity index (χ1n) is 9.19. The van der Waals surface area contributed by atoms with Crippen molar-refractivity contribution in [3.8, 4) is 5.75 Å². The van der Waals surface area contributed by atoms with Gasteiger partial charge in [0.25, 0.3) is 5.91 Å². The number of ether oxygens (including phenoxy) is 2. The highest BCUT2D eigenvalue weighted by Gasteiger charge is 2.17. The van der Waals surface area contributed by atoms with Gasteiger partial charge in [0.05, 0.1) is 19.1 Å². The molecule has 25 heavy (non-hydrogen) atoms. The topological polar surface area (TPSA) is 55.8 Å². The Hall–Kier alpha value is -2.04. The molecule has 0 atom stereocenters. The normalized spacial score (nSPS) is 10.6. The number of rotatable bonds is 11. The summed E-state index contributed by atoms with van der Waals surface area (Å²) in [5, 5.41) is 0. The number of carbonyl (C=O) groups excluding carboxylic acids is 2. The fraction of sp³-hybridized carbons (Fsp3) is 0.600. The van der Waals surface area contributed by atoms with Crippen molar-refractivity contribution >= 4 is 11.9 Å². The van der Waals surface area contributed by atoms with Gasteiger partial charge in [-0.05, 0) is 51.5 Å². The molecule has 1 amide bonds. The highest BCUT2D eigenvalue weighted by atomic mass is 16.5. The number of carbonyl (C=O) groups is 2. The number of hydrogen-bond donors (Lipinski definition) is 0. The molecule has 5 nitrogen and oxygen atoms in total. The van der Waals surface area contributed by atoms with E-state index in [2.05, 4.69) is 6.92 Å². The van der Waals surface area contributed by atoms with Crippen LogP contribution in [-0.2, 0) is 9.53 Å². The molecule has 1 aromatic rings. The highest BCUT2D eigenvalue weighted by molar-refractivity contribution is 5.94. The lowest BCUT2D eigenvalue weighted by molar-refractivity contribution is -0.143. The maximum Gasteiger partial charge on any atom is 0.307 e. The highest BCUT2D eigenvalue weighted by Crippen LogP contribution is 2.16. The number of unbranched alkanes of at least 4 members (excludes halogenated alkanes) is 2. The van der Waals surface area contributed by atoms with Crippen LogP contribution in [0.15, 0.2) is 24.3 Å². The molecule has 0 aliphatic heterocycles. The molecule has 0 aromatic heterocycles. The smallest absolute Gasteiger partial charge is 0.307 e. The zero-order valence-electron chi connectivity index (χ0n) is 15.9. The molecule has 0 N–H and O–H groups in total. The maximum atomic E-state index is 12.8. The first-order chi connectivity index (χ1) is 12.0. The van der Waals surface area contributed by atoms with E-state index < -0.39 is 0 Å². The van der Waals surface area contributed by atoms with Crippen molar-refractivity contribution < 1.29 is 19.1 Å². The molecule has 0 unspecified atom stereocenters. The van der Waals surface area contributed by atoms with E-state index in [1.54, 1.807) is 24.0 Å². The van der Waals surface area contributed by atoms with Gasteiger partial charge in [-0.25, -0.2) is 0 Å². The van der Waals surface area contributed by atoms with Crippen LogP contribution in [0.3, 0.4) is 0 Å². The van der Waals surface area contributed by atoms with E-state index in [0.717, 1.165) is 25.0 Å². The first kappa shape index (κ1) is 21.0. The third kappa shape index (κ3) is 8.05. The Morgan fingerprint density at radius 2 is 1.72 bits per heavy atom. The van der Waals surface area contributed by atoms with Gasteiger partial charge in [-0.15, -0.1) is 0 Å². The molecule has 0 aliphatic rings. The lowest BCUT2D eigenvalue weighted by Gasteiger charge is -2.22. The summed E-state index contributed by atoms with van der Waals surface area (Å²) in [6.45, 7) is 9.22. The van der Waals surface area contributed by atoms with E-state index in [9.17, 15) is 9.59 Å². The summed E-state index contributed by atoms with van der Waals surface area (Å²) in [7, 11) is 0. The summed E-state index contributed by atoms with van der Waals surface area (Å²) in [6, 6.07) is 7.17. The Morgan fingerprint density at radius 3 is 2.28 bits per heavy atom. The van der Waals surface area contributed by atoms with E-state index in [4.69, 9.17) is 9.47 Å². The zero-order valence-corrected chi connectivity index (χ0v) is 15.9. The molecule has 5 heteroatoms. The molecular formula is C20H31NO4. The van der Waals surface area contributed by atoms with Gasteiger partial charge in [-0.1, -0.05) is 19.8 Å². The van der Waals surface area contributed by atoms with Crippen LogP contribution in [0.25, 0.3) is 0 Å². The van der Waals surface area contributed by atoms with Crippen LogP contribution in [0.2, 0.25) is 0 Å². The predicted molar refractivity (Wildman–Crippen MR) is 98.9 cm³/mol. The van der Waals surface area contributed by atoms with Crippen molar-refractivity contribution in [3.05, 3.63) is 29.8 Å². The van der Waals surface area contributed by atoms with Gasteiger partial charge < -0.3 is 14.4 Å². The molecule has 0 aliphatic carbocycles. The summed E-state index contributed by atoms with van der Waals surface area (Å²) >= 11 is 0. The largest absolute Gasteiger partial charge is 0.491 e. The molecule has 1 aromatic carbocycles. The summed E-state index contributed by atoms with van der Waals surface area (Å²) < 4.78 is 10.6. The van der Waals surface area contributed by atoms with Crippen LogP contribution in [0.5, 0.6) is 5.75 Å². The second kappa shape index (κ2) is 11.5. The van der Waals surface area contributed by atoms with Crippen molar-refractivity contribution in [2.24, 2.45) is 0 Å². The fourth-order valence-corrected chi connectivity index (χ4v) is 2.46. The number of esters is 1. The third-order valence-corrected chi connectivity index (χ3v) is 3.68. The van der Waals surface area contributed by atoms with E-state index >= 15 is 0 Å². The number of benzene rings is 1. The molecular weight excluding hydrogens is 318 g/mol. The Labute approximate surface area is 151 Å². The minimum atomic E-state index is -0.267. The monoisotopic (exact) mass is 349 g/mol. The van der Waals surface area contributed by atoms with Crippen molar-refractivity contribution in [2.75, 3.05) is 19.7 Å². The van der Waals surface area contributed by atoms with Gasteiger partial charge in [0.1, 0.15) is 5.75 Å². The van der Waals surface area contributed by atoms with Crippen LogP contribution in [0.4, 0.5) is 0 Å². The number of nitrogens with zero attached hydrogens (tertiary/aromatic N) is 1. The molecule has 0 radical (unpaired) electrons. The number of amides is 1. The Kier molecular flexibility index (Phi) is 9.66. The molecule has 140 valence electrons. The SMILES string of the molecule is CCCCCN(CCC(=O)OCC)C(=O)c1ccc(OC(C)C)cc1. The molecule has 0 saturated heterocycles. The van der Waals surface area contributed by atoms with Crippen molar-refractivity contribution in [1.82, 2.24) is 4.90 Å². The second-order valence-corrected chi connectivity index (χ2v) is 6.25. The van der Waals surface area contributed by atoms with E-state index in [-0.39, 0.29) is 24.4 Å². The summed E-state index contributed by atoms with van der Waals surface area (Å²) in [4.78, 5) is 26.1. The van der Waals surface area contributed by atoms with Gasteiger partial charge in [0.2, 0.25) is 0 Å². The minimum Gasteiger partial charge on any atom is -0.491 e. The molecule has 0 saturated carbocycles. The molecule has 0 spiro atoms. The van der Waals surface area contributed by atoms with Crippen LogP contribution in [-0.4, -0.2) is 42.6 Å². The fourth-order valence-electron chi connectivity index (χ4n) is 2.46. The van der Waals surface area contributed by atoms with Gasteiger partial charge in [0.15, 0.2) is 0 Å². The molecule has 0 fully saturated rings. The van der Waals surface area contributed by atoms with Crippen LogP contribution in [0.1, 0.15) is 63.7 Å². The minimum absolute atomic E-state index is 0.0588. The third-order valence-electron chi connectivity index (χ3n) is 3.68. The average molecular weight is 349 g/mol. The quantitative estimate of drug-likeness (QED) is 0.446. The zero-order chi connectivity index (χ0) is 18.7. The Morgan fingerprint density at radius 1 is 1.04 bits per heavy atom. The van der Waals surface area contributed by atoms with Gasteiger partial charge >= 0.3 is 5.97 Å². The van der Waals surface area contributed by atoms with E-state index in [1.165, 1.54) is 0 Å². The van der Waals surface area contributed by atoms with Gasteiger partial charge in [0, 0.05) is 18.7 Å². The Balaban J connectivity index is 2.73. The van der Waals surface area contributed by atoms with Crippen LogP contribution < -0.4 is 4.74 Å². The van der Waals surface area contributed by atoms with Gasteiger partial charge in [-0.3, -0.25) is 9.59 Å². The lowest BCUT2D eigenvalue weighted by Crippen LogP contribution is -2.34. The summed E-state index contributed by atoms with van der Waals surface area (Å²) in [6.07, 6.45) is 3.39. The molecule has 0 heterocycles. The standard InChI is InChI=1S/C20H31NO4/c1-5-7-8-14-21(15-13-19(22)24-6-2)20(23)17-9-11-18(12-10-17)25-16(3)4/h9-12,16H,5-8,13-15H2,1-4H3. The average Bonchev–Trinajstić information content (AvgIpc) is 2.58. The second-order valence-electron chi connectivity index (χ2n) is 6.25. The number of hydrogen-bond acceptors (Lipinski definition) is 4. The molecule has 0 bridgehead atoms.